The molecule has 2 amide bonds. The lowest BCUT2D eigenvalue weighted by Gasteiger charge is -2.45. The van der Waals surface area contributed by atoms with E-state index in [2.05, 4.69) is 5.43 Å². The summed E-state index contributed by atoms with van der Waals surface area (Å²) in [5, 5.41) is 0.578. The van der Waals surface area contributed by atoms with E-state index in [9.17, 15) is 27.2 Å². The molecule has 1 saturated carbocycles. The van der Waals surface area contributed by atoms with E-state index in [1.54, 1.807) is 0 Å². The van der Waals surface area contributed by atoms with Crippen LogP contribution in [0.2, 0.25) is 0 Å². The van der Waals surface area contributed by atoms with Gasteiger partial charge < -0.3 is 0 Å². The van der Waals surface area contributed by atoms with Gasteiger partial charge in [0.2, 0.25) is 11.8 Å². The van der Waals surface area contributed by atoms with Crippen LogP contribution in [0.25, 0.3) is 0 Å². The fourth-order valence-corrected chi connectivity index (χ4v) is 2.86. The molecule has 0 bridgehead atoms. The van der Waals surface area contributed by atoms with Crippen molar-refractivity contribution in [2.45, 2.75) is 31.9 Å². The molecule has 0 atom stereocenters. The van der Waals surface area contributed by atoms with Gasteiger partial charge in [0.05, 0.1) is 16.7 Å². The molecule has 8 heteroatoms. The molecule has 2 fully saturated rings. The highest BCUT2D eigenvalue weighted by atomic mass is 19.4. The van der Waals surface area contributed by atoms with Crippen molar-refractivity contribution in [3.63, 3.8) is 0 Å². The zero-order valence-corrected chi connectivity index (χ0v) is 11.3. The topological polar surface area (TPSA) is 49.4 Å². The maximum atomic E-state index is 13.1. The van der Waals surface area contributed by atoms with Gasteiger partial charge in [-0.25, -0.2) is 9.40 Å². The lowest BCUT2D eigenvalue weighted by atomic mass is 9.65. The molecule has 1 saturated heterocycles. The first kappa shape index (κ1) is 14.8. The summed E-state index contributed by atoms with van der Waals surface area (Å²) < 4.78 is 52.2. The Labute approximate surface area is 123 Å². The maximum Gasteiger partial charge on any atom is 0.418 e. The van der Waals surface area contributed by atoms with Gasteiger partial charge in [0.1, 0.15) is 5.82 Å². The standard InChI is InChI=1S/C14H12F4N2O2/c15-8-2-3-10(9(6-8)14(16,17)18)20-11(21)7-13(4-1-5-13)12(22)19-20/h2-3,6H,1,4-5,7H2,(H,19,22). The second kappa shape index (κ2) is 4.69. The molecule has 4 nitrogen and oxygen atoms in total. The van der Waals surface area contributed by atoms with Gasteiger partial charge in [-0.15, -0.1) is 0 Å². The number of nitrogens with zero attached hydrogens (tertiary/aromatic N) is 1. The summed E-state index contributed by atoms with van der Waals surface area (Å²) in [5.74, 6) is -2.16. The molecule has 1 heterocycles. The molecular weight excluding hydrogens is 304 g/mol. The van der Waals surface area contributed by atoms with Gasteiger partial charge in [-0.3, -0.25) is 15.0 Å². The predicted molar refractivity (Wildman–Crippen MR) is 67.9 cm³/mol. The molecular formula is C14H12F4N2O2. The number of carbonyl (C=O) groups is 2. The number of halogens is 4. The second-order valence-corrected chi connectivity index (χ2v) is 5.64. The zero-order chi connectivity index (χ0) is 16.1. The average Bonchev–Trinajstić information content (AvgIpc) is 2.38. The fourth-order valence-electron chi connectivity index (χ4n) is 2.86. The summed E-state index contributed by atoms with van der Waals surface area (Å²) in [7, 11) is 0. The van der Waals surface area contributed by atoms with E-state index in [1.807, 2.05) is 0 Å². The highest BCUT2D eigenvalue weighted by molar-refractivity contribution is 6.04. The monoisotopic (exact) mass is 316 g/mol. The van der Waals surface area contributed by atoms with Crippen LogP contribution in [-0.2, 0) is 15.8 Å². The number of hydrazine groups is 1. The van der Waals surface area contributed by atoms with E-state index in [0.717, 1.165) is 18.6 Å². The van der Waals surface area contributed by atoms with Gasteiger partial charge in [-0.05, 0) is 31.0 Å². The number of anilines is 1. The zero-order valence-electron chi connectivity index (χ0n) is 11.3. The highest BCUT2D eigenvalue weighted by Gasteiger charge is 2.51. The van der Waals surface area contributed by atoms with Crippen LogP contribution in [0.4, 0.5) is 23.2 Å². The number of hydrogen-bond acceptors (Lipinski definition) is 2. The van der Waals surface area contributed by atoms with Crippen LogP contribution in [0.3, 0.4) is 0 Å². The molecule has 0 unspecified atom stereocenters. The van der Waals surface area contributed by atoms with Crippen LogP contribution in [-0.4, -0.2) is 11.8 Å². The Balaban J connectivity index is 1.98. The molecule has 0 radical (unpaired) electrons. The number of rotatable bonds is 1. The van der Waals surface area contributed by atoms with Gasteiger partial charge in [0.15, 0.2) is 0 Å². The van der Waals surface area contributed by atoms with Crippen LogP contribution >= 0.6 is 0 Å². The third-order valence-electron chi connectivity index (χ3n) is 4.25. The van der Waals surface area contributed by atoms with E-state index >= 15 is 0 Å². The van der Waals surface area contributed by atoms with Gasteiger partial charge in [-0.2, -0.15) is 13.2 Å². The smallest absolute Gasteiger partial charge is 0.273 e. The van der Waals surface area contributed by atoms with Crippen molar-refractivity contribution in [1.29, 1.82) is 0 Å². The average molecular weight is 316 g/mol. The number of nitrogens with one attached hydrogen (secondary N) is 1. The minimum atomic E-state index is -4.84. The van der Waals surface area contributed by atoms with Crippen LogP contribution in [0.1, 0.15) is 31.2 Å². The molecule has 3 rings (SSSR count). The minimum Gasteiger partial charge on any atom is -0.273 e. The molecule has 1 aliphatic carbocycles. The van der Waals surface area contributed by atoms with Crippen molar-refractivity contribution in [3.05, 3.63) is 29.6 Å². The van der Waals surface area contributed by atoms with Crippen LogP contribution in [0.15, 0.2) is 18.2 Å². The van der Waals surface area contributed by atoms with Gasteiger partial charge in [0, 0.05) is 6.42 Å². The van der Waals surface area contributed by atoms with Gasteiger partial charge in [-0.1, -0.05) is 6.42 Å². The molecule has 1 aliphatic heterocycles. The number of carbonyl (C=O) groups excluding carboxylic acids is 2. The largest absolute Gasteiger partial charge is 0.418 e. The first-order valence-corrected chi connectivity index (χ1v) is 6.74. The molecule has 1 aromatic rings. The maximum absolute atomic E-state index is 13.1. The fraction of sp³-hybridized carbons (Fsp3) is 0.429. The normalized spacial score (nSPS) is 20.8. The summed E-state index contributed by atoms with van der Waals surface area (Å²) in [4.78, 5) is 24.3. The third kappa shape index (κ3) is 2.22. The summed E-state index contributed by atoms with van der Waals surface area (Å²) >= 11 is 0. The van der Waals surface area contributed by atoms with Gasteiger partial charge in [0.25, 0.3) is 0 Å². The first-order chi connectivity index (χ1) is 10.2. The number of alkyl halides is 3. The van der Waals surface area contributed by atoms with Crippen molar-refractivity contribution in [3.8, 4) is 0 Å². The Morgan fingerprint density at radius 1 is 1.18 bits per heavy atom. The molecule has 2 aliphatic rings. The lowest BCUT2D eigenvalue weighted by molar-refractivity contribution is -0.147. The number of amides is 2. The molecule has 1 aromatic carbocycles. The van der Waals surface area contributed by atoms with Gasteiger partial charge >= 0.3 is 6.18 Å². The van der Waals surface area contributed by atoms with Crippen molar-refractivity contribution in [1.82, 2.24) is 5.43 Å². The van der Waals surface area contributed by atoms with E-state index in [-0.39, 0.29) is 6.42 Å². The summed E-state index contributed by atoms with van der Waals surface area (Å²) in [6.07, 6.45) is -3.06. The second-order valence-electron chi connectivity index (χ2n) is 5.64. The number of hydrogen-bond donors (Lipinski definition) is 1. The van der Waals surface area contributed by atoms with Crippen molar-refractivity contribution >= 4 is 17.5 Å². The molecule has 118 valence electrons. The van der Waals surface area contributed by atoms with Crippen LogP contribution < -0.4 is 10.4 Å². The lowest BCUT2D eigenvalue weighted by Crippen LogP contribution is -2.61. The van der Waals surface area contributed by atoms with Crippen molar-refractivity contribution in [2.75, 3.05) is 5.01 Å². The van der Waals surface area contributed by atoms with E-state index in [4.69, 9.17) is 0 Å². The molecule has 1 N–H and O–H groups in total. The quantitative estimate of drug-likeness (QED) is 0.810. The Bertz CT molecular complexity index is 653. The summed E-state index contributed by atoms with van der Waals surface area (Å²) in [6, 6.07) is 1.97. The van der Waals surface area contributed by atoms with Crippen molar-refractivity contribution < 1.29 is 27.2 Å². The van der Waals surface area contributed by atoms with Crippen LogP contribution in [0, 0.1) is 11.2 Å². The molecule has 22 heavy (non-hydrogen) atoms. The Morgan fingerprint density at radius 2 is 1.86 bits per heavy atom. The Kier molecular flexibility index (Phi) is 3.15. The summed E-state index contributed by atoms with van der Waals surface area (Å²) in [5.41, 5.74) is -0.425. The highest BCUT2D eigenvalue weighted by Crippen LogP contribution is 2.47. The van der Waals surface area contributed by atoms with Crippen molar-refractivity contribution in [2.24, 2.45) is 5.41 Å². The number of benzene rings is 1. The van der Waals surface area contributed by atoms with E-state index in [1.165, 1.54) is 0 Å². The molecule has 0 aromatic heterocycles. The Morgan fingerprint density at radius 3 is 2.41 bits per heavy atom. The predicted octanol–water partition coefficient (Wildman–Crippen LogP) is 2.78. The van der Waals surface area contributed by atoms with E-state index < -0.39 is 40.5 Å². The Hall–Kier alpha value is -2.12. The SMILES string of the molecule is O=C1CC2(CCC2)C(=O)NN1c1ccc(F)cc1C(F)(F)F. The van der Waals surface area contributed by atoms with Crippen LogP contribution in [0.5, 0.6) is 0 Å². The minimum absolute atomic E-state index is 0.131. The van der Waals surface area contributed by atoms with E-state index in [0.29, 0.717) is 23.9 Å². The first-order valence-electron chi connectivity index (χ1n) is 6.74. The molecule has 1 spiro atoms. The summed E-state index contributed by atoms with van der Waals surface area (Å²) in [6.45, 7) is 0. The third-order valence-corrected chi connectivity index (χ3v) is 4.25.